The van der Waals surface area contributed by atoms with E-state index in [4.69, 9.17) is 27.9 Å². The number of urea groups is 1. The SMILES string of the molecule is CC12Oc3ccc(Cl)cc3C(NC(=O)N1Cc1ccccc1)C2C(=O)Nc1ccc(Cl)cc1. The Morgan fingerprint density at radius 2 is 1.76 bits per heavy atom. The van der Waals surface area contributed by atoms with E-state index in [9.17, 15) is 9.59 Å². The van der Waals surface area contributed by atoms with Crippen LogP contribution >= 0.6 is 23.2 Å². The maximum atomic E-state index is 13.6. The van der Waals surface area contributed by atoms with Crippen LogP contribution in [0.4, 0.5) is 10.5 Å². The summed E-state index contributed by atoms with van der Waals surface area (Å²) >= 11 is 12.2. The van der Waals surface area contributed by atoms with E-state index in [0.717, 1.165) is 5.56 Å². The number of carbonyl (C=O) groups excluding carboxylic acids is 2. The quantitative estimate of drug-likeness (QED) is 0.507. The Kier molecular flexibility index (Phi) is 5.43. The van der Waals surface area contributed by atoms with E-state index in [-0.39, 0.29) is 18.5 Å². The smallest absolute Gasteiger partial charge is 0.321 e. The number of benzene rings is 3. The molecule has 1 fully saturated rings. The van der Waals surface area contributed by atoms with Crippen molar-refractivity contribution >= 4 is 40.8 Å². The summed E-state index contributed by atoms with van der Waals surface area (Å²) in [6.07, 6.45) is 0. The number of amides is 3. The van der Waals surface area contributed by atoms with Gasteiger partial charge < -0.3 is 15.4 Å². The molecule has 0 aliphatic carbocycles. The monoisotopic (exact) mass is 481 g/mol. The summed E-state index contributed by atoms with van der Waals surface area (Å²) in [6.45, 7) is 2.06. The van der Waals surface area contributed by atoms with Gasteiger partial charge in [-0.2, -0.15) is 0 Å². The first-order valence-electron chi connectivity index (χ1n) is 10.5. The number of nitrogens with zero attached hydrogens (tertiary/aromatic N) is 1. The standard InChI is InChI=1S/C25H21Cl2N3O3/c1-25-21(23(31)28-18-10-7-16(26)8-11-18)22(19-13-17(27)9-12-20(19)33-25)29-24(32)30(25)14-15-5-3-2-4-6-15/h2-13,21-22H,14H2,1H3,(H,28,31)(H,29,32). The average Bonchev–Trinajstić information content (AvgIpc) is 2.79. The normalized spacial score (nSPS) is 23.2. The van der Waals surface area contributed by atoms with Crippen molar-refractivity contribution in [1.29, 1.82) is 0 Å². The van der Waals surface area contributed by atoms with Crippen molar-refractivity contribution in [2.24, 2.45) is 5.92 Å². The summed E-state index contributed by atoms with van der Waals surface area (Å²) in [7, 11) is 0. The number of carbonyl (C=O) groups is 2. The van der Waals surface area contributed by atoms with Gasteiger partial charge in [0.25, 0.3) is 0 Å². The number of anilines is 1. The first-order chi connectivity index (χ1) is 15.8. The molecule has 3 aromatic rings. The topological polar surface area (TPSA) is 70.7 Å². The van der Waals surface area contributed by atoms with Crippen LogP contribution in [0.15, 0.2) is 72.8 Å². The molecule has 2 heterocycles. The highest BCUT2D eigenvalue weighted by atomic mass is 35.5. The summed E-state index contributed by atoms with van der Waals surface area (Å²) in [4.78, 5) is 28.4. The highest BCUT2D eigenvalue weighted by molar-refractivity contribution is 6.31. The van der Waals surface area contributed by atoms with E-state index < -0.39 is 17.7 Å². The van der Waals surface area contributed by atoms with Gasteiger partial charge in [0, 0.05) is 21.3 Å². The zero-order valence-corrected chi connectivity index (χ0v) is 19.2. The molecule has 168 valence electrons. The summed E-state index contributed by atoms with van der Waals surface area (Å²) < 4.78 is 6.42. The first-order valence-corrected chi connectivity index (χ1v) is 11.3. The van der Waals surface area contributed by atoms with Crippen molar-refractivity contribution in [1.82, 2.24) is 10.2 Å². The van der Waals surface area contributed by atoms with E-state index in [1.165, 1.54) is 0 Å². The van der Waals surface area contributed by atoms with Gasteiger partial charge in [0.2, 0.25) is 5.91 Å². The number of ether oxygens (including phenoxy) is 1. The van der Waals surface area contributed by atoms with Crippen molar-refractivity contribution in [2.45, 2.75) is 25.2 Å². The van der Waals surface area contributed by atoms with Crippen LogP contribution in [0.25, 0.3) is 0 Å². The molecule has 3 unspecified atom stereocenters. The molecule has 2 aliphatic rings. The van der Waals surface area contributed by atoms with E-state index >= 15 is 0 Å². The van der Waals surface area contributed by atoms with Crippen LogP contribution in [0.2, 0.25) is 10.0 Å². The summed E-state index contributed by atoms with van der Waals surface area (Å²) in [5, 5.41) is 7.04. The molecule has 3 amide bonds. The van der Waals surface area contributed by atoms with Gasteiger partial charge in [-0.25, -0.2) is 4.79 Å². The maximum absolute atomic E-state index is 13.6. The predicted molar refractivity (Wildman–Crippen MR) is 127 cm³/mol. The number of nitrogens with one attached hydrogen (secondary N) is 2. The Morgan fingerprint density at radius 1 is 1.06 bits per heavy atom. The fraction of sp³-hybridized carbons (Fsp3) is 0.200. The molecule has 3 aromatic carbocycles. The Balaban J connectivity index is 1.56. The highest BCUT2D eigenvalue weighted by Gasteiger charge is 2.59. The number of halogens is 2. The molecule has 5 rings (SSSR count). The summed E-state index contributed by atoms with van der Waals surface area (Å²) in [5.74, 6) is -0.449. The number of rotatable bonds is 4. The molecule has 0 aromatic heterocycles. The van der Waals surface area contributed by atoms with Gasteiger partial charge >= 0.3 is 6.03 Å². The van der Waals surface area contributed by atoms with E-state index in [0.29, 0.717) is 27.0 Å². The minimum Gasteiger partial charge on any atom is -0.467 e. The zero-order valence-electron chi connectivity index (χ0n) is 17.7. The molecule has 1 saturated heterocycles. The van der Waals surface area contributed by atoms with Crippen molar-refractivity contribution in [3.05, 3.63) is 94.0 Å². The first kappa shape index (κ1) is 21.6. The second-order valence-electron chi connectivity index (χ2n) is 8.31. The van der Waals surface area contributed by atoms with Crippen LogP contribution in [0.3, 0.4) is 0 Å². The van der Waals surface area contributed by atoms with Gasteiger partial charge in [-0.3, -0.25) is 9.69 Å². The fourth-order valence-corrected chi connectivity index (χ4v) is 4.88. The van der Waals surface area contributed by atoms with E-state index in [1.54, 1.807) is 54.3 Å². The van der Waals surface area contributed by atoms with Crippen LogP contribution in [0.1, 0.15) is 24.1 Å². The van der Waals surface area contributed by atoms with Gasteiger partial charge in [0.15, 0.2) is 5.72 Å². The third-order valence-corrected chi connectivity index (χ3v) is 6.66. The Bertz CT molecular complexity index is 1220. The highest BCUT2D eigenvalue weighted by Crippen LogP contribution is 2.49. The third-order valence-electron chi connectivity index (χ3n) is 6.17. The predicted octanol–water partition coefficient (Wildman–Crippen LogP) is 5.62. The lowest BCUT2D eigenvalue weighted by Crippen LogP contribution is -2.71. The molecule has 3 atom stereocenters. The van der Waals surface area contributed by atoms with Crippen molar-refractivity contribution < 1.29 is 14.3 Å². The minimum atomic E-state index is -1.24. The van der Waals surface area contributed by atoms with Crippen LogP contribution in [-0.4, -0.2) is 22.6 Å². The number of hydrogen-bond acceptors (Lipinski definition) is 3. The largest absolute Gasteiger partial charge is 0.467 e. The molecule has 2 bridgehead atoms. The lowest BCUT2D eigenvalue weighted by atomic mass is 9.78. The number of fused-ring (bicyclic) bond motifs is 4. The molecule has 0 spiro atoms. The third kappa shape index (κ3) is 3.90. The molecule has 2 aliphatic heterocycles. The Morgan fingerprint density at radius 3 is 2.48 bits per heavy atom. The molecule has 0 saturated carbocycles. The molecule has 2 N–H and O–H groups in total. The Hall–Kier alpha value is -3.22. The zero-order chi connectivity index (χ0) is 23.2. The minimum absolute atomic E-state index is 0.281. The average molecular weight is 482 g/mol. The van der Waals surface area contributed by atoms with Gasteiger partial charge in [-0.05, 0) is 55.0 Å². The lowest BCUT2D eigenvalue weighted by Gasteiger charge is -2.54. The summed E-state index contributed by atoms with van der Waals surface area (Å²) in [5.41, 5.74) is 0.961. The molecule has 0 radical (unpaired) electrons. The van der Waals surface area contributed by atoms with Gasteiger partial charge in [0.1, 0.15) is 11.7 Å². The van der Waals surface area contributed by atoms with E-state index in [1.807, 2.05) is 30.3 Å². The molecular formula is C25H21Cl2N3O3. The van der Waals surface area contributed by atoms with Crippen LogP contribution < -0.4 is 15.4 Å². The fourth-order valence-electron chi connectivity index (χ4n) is 4.57. The van der Waals surface area contributed by atoms with Crippen molar-refractivity contribution in [3.63, 3.8) is 0 Å². The Labute approximate surface area is 201 Å². The number of hydrogen-bond donors (Lipinski definition) is 2. The second kappa shape index (κ2) is 8.28. The second-order valence-corrected chi connectivity index (χ2v) is 9.18. The van der Waals surface area contributed by atoms with Crippen LogP contribution in [0.5, 0.6) is 5.75 Å². The lowest BCUT2D eigenvalue weighted by molar-refractivity contribution is -0.155. The van der Waals surface area contributed by atoms with Gasteiger partial charge in [-0.15, -0.1) is 0 Å². The maximum Gasteiger partial charge on any atom is 0.321 e. The van der Waals surface area contributed by atoms with Gasteiger partial charge in [0.05, 0.1) is 12.6 Å². The van der Waals surface area contributed by atoms with Crippen molar-refractivity contribution in [2.75, 3.05) is 5.32 Å². The molecule has 33 heavy (non-hydrogen) atoms. The van der Waals surface area contributed by atoms with Crippen LogP contribution in [0, 0.1) is 5.92 Å². The van der Waals surface area contributed by atoms with Crippen molar-refractivity contribution in [3.8, 4) is 5.75 Å². The van der Waals surface area contributed by atoms with Crippen LogP contribution in [-0.2, 0) is 11.3 Å². The molecule has 6 nitrogen and oxygen atoms in total. The van der Waals surface area contributed by atoms with E-state index in [2.05, 4.69) is 10.6 Å². The molecule has 8 heteroatoms. The van der Waals surface area contributed by atoms with Gasteiger partial charge in [-0.1, -0.05) is 53.5 Å². The molecular weight excluding hydrogens is 461 g/mol. The summed E-state index contributed by atoms with van der Waals surface area (Å²) in [6, 6.07) is 20.8.